The molecule has 0 fully saturated rings. The molecule has 0 unspecified atom stereocenters. The number of hydrogen-bond donors (Lipinski definition) is 2. The van der Waals surface area contributed by atoms with Crippen molar-refractivity contribution in [3.05, 3.63) is 34.7 Å². The van der Waals surface area contributed by atoms with Crippen LogP contribution in [-0.2, 0) is 6.42 Å². The van der Waals surface area contributed by atoms with E-state index in [-0.39, 0.29) is 0 Å². The van der Waals surface area contributed by atoms with Crippen LogP contribution in [0.3, 0.4) is 0 Å². The van der Waals surface area contributed by atoms with E-state index in [9.17, 15) is 0 Å². The van der Waals surface area contributed by atoms with Crippen molar-refractivity contribution in [3.63, 3.8) is 0 Å². The number of aliphatic hydroxyl groups is 1. The summed E-state index contributed by atoms with van der Waals surface area (Å²) in [6.45, 7) is 8.21. The monoisotopic (exact) mass is 381 g/mol. The highest BCUT2D eigenvalue weighted by atomic mass is 35.5. The van der Waals surface area contributed by atoms with Crippen molar-refractivity contribution < 1.29 is 14.6 Å². The fourth-order valence-corrected chi connectivity index (χ4v) is 2.14. The number of halogens is 1. The summed E-state index contributed by atoms with van der Waals surface area (Å²) in [5.74, 6) is 3.03. The van der Waals surface area contributed by atoms with Gasteiger partial charge in [0, 0.05) is 12.7 Å². The first-order valence-electron chi connectivity index (χ1n) is 8.60. The number of aliphatic hydroxyl groups excluding tert-OH is 1. The SMILES string of the molecule is CC[C@@H](C)CO.CCc1cc(OC)c(Cl)cc1Oc1cnc(C)nc1N. The lowest BCUT2D eigenvalue weighted by Crippen LogP contribution is -2.00. The van der Waals surface area contributed by atoms with Gasteiger partial charge in [-0.1, -0.05) is 38.8 Å². The van der Waals surface area contributed by atoms with Crippen LogP contribution in [0, 0.1) is 12.8 Å². The molecule has 0 bridgehead atoms. The lowest BCUT2D eigenvalue weighted by atomic mass is 10.1. The summed E-state index contributed by atoms with van der Waals surface area (Å²) >= 11 is 6.12. The molecule has 0 aliphatic rings. The maximum atomic E-state index is 8.33. The van der Waals surface area contributed by atoms with E-state index >= 15 is 0 Å². The van der Waals surface area contributed by atoms with Gasteiger partial charge in [0.25, 0.3) is 0 Å². The molecular formula is C19H28ClN3O3. The van der Waals surface area contributed by atoms with Crippen molar-refractivity contribution >= 4 is 17.4 Å². The lowest BCUT2D eigenvalue weighted by molar-refractivity contribution is 0.234. The Balaban J connectivity index is 0.000000487. The predicted molar refractivity (Wildman–Crippen MR) is 105 cm³/mol. The molecule has 0 aliphatic carbocycles. The molecule has 0 spiro atoms. The number of nitrogens with two attached hydrogens (primary N) is 1. The number of methoxy groups -OCH3 is 1. The zero-order valence-electron chi connectivity index (χ0n) is 16.0. The number of aryl methyl sites for hydroxylation is 2. The molecular weight excluding hydrogens is 354 g/mol. The van der Waals surface area contributed by atoms with Gasteiger partial charge in [0.1, 0.15) is 17.3 Å². The molecule has 0 saturated heterocycles. The molecule has 1 aromatic heterocycles. The maximum Gasteiger partial charge on any atom is 0.187 e. The van der Waals surface area contributed by atoms with Crippen molar-refractivity contribution in [3.8, 4) is 17.2 Å². The zero-order valence-corrected chi connectivity index (χ0v) is 16.8. The van der Waals surface area contributed by atoms with Crippen molar-refractivity contribution in [2.75, 3.05) is 19.5 Å². The molecule has 3 N–H and O–H groups in total. The van der Waals surface area contributed by atoms with Crippen LogP contribution in [0.4, 0.5) is 5.82 Å². The molecule has 0 amide bonds. The van der Waals surface area contributed by atoms with Crippen LogP contribution in [0.25, 0.3) is 0 Å². The highest BCUT2D eigenvalue weighted by molar-refractivity contribution is 6.32. The van der Waals surface area contributed by atoms with E-state index in [2.05, 4.69) is 16.9 Å². The molecule has 6 nitrogen and oxygen atoms in total. The van der Waals surface area contributed by atoms with E-state index in [4.69, 9.17) is 31.9 Å². The number of anilines is 1. The summed E-state index contributed by atoms with van der Waals surface area (Å²) in [6.07, 6.45) is 3.40. The molecule has 0 radical (unpaired) electrons. The standard InChI is InChI=1S/C14H16ClN3O2.C5H12O/c1-4-9-5-12(19-3)10(15)6-11(9)20-13-7-17-8(2)18-14(13)16;1-3-5(2)4-6/h5-7H,4H2,1-3H3,(H2,16,17,18);5-6H,3-4H2,1-2H3/t;5-/m.1/s1. The molecule has 1 aromatic carbocycles. The number of aromatic nitrogens is 2. The highest BCUT2D eigenvalue weighted by Crippen LogP contribution is 2.36. The Labute approximate surface area is 160 Å². The molecule has 144 valence electrons. The molecule has 0 aliphatic heterocycles. The molecule has 7 heteroatoms. The summed E-state index contributed by atoms with van der Waals surface area (Å²) in [6, 6.07) is 3.56. The second kappa shape index (κ2) is 10.8. The Bertz CT molecular complexity index is 707. The van der Waals surface area contributed by atoms with E-state index in [0.29, 0.717) is 46.4 Å². The Kier molecular flexibility index (Phi) is 9.16. The van der Waals surface area contributed by atoms with Gasteiger partial charge in [0.05, 0.1) is 18.3 Å². The van der Waals surface area contributed by atoms with Crippen LogP contribution >= 0.6 is 11.6 Å². The third-order valence-corrected chi connectivity index (χ3v) is 4.14. The molecule has 0 saturated carbocycles. The van der Waals surface area contributed by atoms with E-state index in [0.717, 1.165) is 18.4 Å². The van der Waals surface area contributed by atoms with Crippen molar-refractivity contribution in [2.24, 2.45) is 5.92 Å². The fourth-order valence-electron chi connectivity index (χ4n) is 1.91. The molecule has 1 atom stereocenters. The average Bonchev–Trinajstić information content (AvgIpc) is 2.64. The van der Waals surface area contributed by atoms with Crippen molar-refractivity contribution in [1.82, 2.24) is 9.97 Å². The Morgan fingerprint density at radius 3 is 2.38 bits per heavy atom. The van der Waals surface area contributed by atoms with Crippen LogP contribution in [0.1, 0.15) is 38.6 Å². The largest absolute Gasteiger partial charge is 0.495 e. The first kappa shape index (κ1) is 22.0. The van der Waals surface area contributed by atoms with Gasteiger partial charge in [-0.3, -0.25) is 0 Å². The molecule has 1 heterocycles. The Morgan fingerprint density at radius 1 is 1.23 bits per heavy atom. The number of nitrogens with zero attached hydrogens (tertiary/aromatic N) is 2. The van der Waals surface area contributed by atoms with E-state index in [1.807, 2.05) is 19.9 Å². The maximum absolute atomic E-state index is 8.33. The van der Waals surface area contributed by atoms with Gasteiger partial charge >= 0.3 is 0 Å². The van der Waals surface area contributed by atoms with Crippen LogP contribution in [0.2, 0.25) is 5.02 Å². The van der Waals surface area contributed by atoms with Gasteiger partial charge in [0.15, 0.2) is 11.6 Å². The minimum absolute atomic E-state index is 0.298. The number of nitrogen functional groups attached to an aromatic ring is 1. The van der Waals surface area contributed by atoms with Gasteiger partial charge in [-0.15, -0.1) is 0 Å². The Hall–Kier alpha value is -2.05. The van der Waals surface area contributed by atoms with Crippen LogP contribution in [-0.4, -0.2) is 28.8 Å². The zero-order chi connectivity index (χ0) is 19.7. The van der Waals surface area contributed by atoms with E-state index in [1.54, 1.807) is 26.3 Å². The van der Waals surface area contributed by atoms with Crippen molar-refractivity contribution in [2.45, 2.75) is 40.5 Å². The van der Waals surface area contributed by atoms with Crippen LogP contribution in [0.15, 0.2) is 18.3 Å². The van der Waals surface area contributed by atoms with Crippen LogP contribution < -0.4 is 15.2 Å². The van der Waals surface area contributed by atoms with Crippen LogP contribution in [0.5, 0.6) is 17.2 Å². The smallest absolute Gasteiger partial charge is 0.187 e. The number of ether oxygens (including phenoxy) is 2. The normalized spacial score (nSPS) is 11.3. The second-order valence-corrected chi connectivity index (χ2v) is 6.32. The summed E-state index contributed by atoms with van der Waals surface area (Å²) < 4.78 is 11.0. The summed E-state index contributed by atoms with van der Waals surface area (Å²) in [4.78, 5) is 8.14. The first-order valence-corrected chi connectivity index (χ1v) is 8.98. The quantitative estimate of drug-likeness (QED) is 0.770. The lowest BCUT2D eigenvalue weighted by Gasteiger charge is -2.13. The minimum atomic E-state index is 0.298. The van der Waals surface area contributed by atoms with Gasteiger partial charge in [-0.25, -0.2) is 9.97 Å². The summed E-state index contributed by atoms with van der Waals surface area (Å²) in [5.41, 5.74) is 6.79. The van der Waals surface area contributed by atoms with Crippen molar-refractivity contribution in [1.29, 1.82) is 0 Å². The van der Waals surface area contributed by atoms with E-state index < -0.39 is 0 Å². The molecule has 2 rings (SSSR count). The van der Waals surface area contributed by atoms with Gasteiger partial charge in [0.2, 0.25) is 0 Å². The highest BCUT2D eigenvalue weighted by Gasteiger charge is 2.12. The first-order chi connectivity index (χ1) is 12.4. The Morgan fingerprint density at radius 2 is 1.92 bits per heavy atom. The minimum Gasteiger partial charge on any atom is -0.495 e. The fraction of sp³-hybridized carbons (Fsp3) is 0.474. The van der Waals surface area contributed by atoms with Gasteiger partial charge < -0.3 is 20.3 Å². The second-order valence-electron chi connectivity index (χ2n) is 5.91. The van der Waals surface area contributed by atoms with Gasteiger partial charge in [-0.05, 0) is 30.9 Å². The van der Waals surface area contributed by atoms with E-state index in [1.165, 1.54) is 0 Å². The third-order valence-electron chi connectivity index (χ3n) is 3.85. The number of rotatable bonds is 6. The predicted octanol–water partition coefficient (Wildman–Crippen LogP) is 4.41. The number of benzene rings is 1. The number of hydrogen-bond acceptors (Lipinski definition) is 6. The van der Waals surface area contributed by atoms with Gasteiger partial charge in [-0.2, -0.15) is 0 Å². The summed E-state index contributed by atoms with van der Waals surface area (Å²) in [7, 11) is 1.58. The summed E-state index contributed by atoms with van der Waals surface area (Å²) in [5, 5.41) is 8.81. The molecule has 26 heavy (non-hydrogen) atoms. The topological polar surface area (TPSA) is 90.5 Å². The molecule has 2 aromatic rings. The third kappa shape index (κ3) is 6.35. The average molecular weight is 382 g/mol.